The predicted octanol–water partition coefficient (Wildman–Crippen LogP) is 1.88. The van der Waals surface area contributed by atoms with E-state index in [1.807, 2.05) is 37.1 Å². The van der Waals surface area contributed by atoms with Gasteiger partial charge in [-0.2, -0.15) is 0 Å². The lowest BCUT2D eigenvalue weighted by molar-refractivity contribution is -0.119. The molecule has 0 radical (unpaired) electrons. The Hall–Kier alpha value is -1.82. The maximum Gasteiger partial charge on any atom is 0.239 e. The van der Waals surface area contributed by atoms with Crippen molar-refractivity contribution in [2.24, 2.45) is 0 Å². The Kier molecular flexibility index (Phi) is 4.21. The number of hydrogen-bond acceptors (Lipinski definition) is 5. The molecule has 0 aliphatic rings. The number of nitrogens with zero attached hydrogens (tertiary/aromatic N) is 2. The van der Waals surface area contributed by atoms with Crippen LogP contribution in [0.25, 0.3) is 10.2 Å². The Morgan fingerprint density at radius 1 is 1.53 bits per heavy atom. The van der Waals surface area contributed by atoms with E-state index < -0.39 is 0 Å². The van der Waals surface area contributed by atoms with Gasteiger partial charge in [-0.15, -0.1) is 0 Å². The number of carbonyl (C=O) groups excluding carboxylic acids is 1. The highest BCUT2D eigenvalue weighted by molar-refractivity contribution is 7.22. The molecule has 5 nitrogen and oxygen atoms in total. The number of likely N-dealkylation sites (N-methyl/N-ethyl adjacent to an activating group) is 2. The third-order valence-electron chi connectivity index (χ3n) is 2.67. The number of aromatic nitrogens is 1. The summed E-state index contributed by atoms with van der Waals surface area (Å²) in [5.41, 5.74) is 0.841. The van der Waals surface area contributed by atoms with E-state index in [1.54, 1.807) is 18.4 Å². The second kappa shape index (κ2) is 5.88. The van der Waals surface area contributed by atoms with Gasteiger partial charge in [0.05, 0.1) is 18.4 Å². The first-order chi connectivity index (χ1) is 9.15. The molecular weight excluding hydrogens is 262 g/mol. The summed E-state index contributed by atoms with van der Waals surface area (Å²) in [6.07, 6.45) is 0. The van der Waals surface area contributed by atoms with Gasteiger partial charge in [0.2, 0.25) is 5.91 Å². The number of rotatable bonds is 5. The molecular formula is C13H17N3O2S. The molecule has 1 aromatic heterocycles. The Morgan fingerprint density at radius 2 is 2.32 bits per heavy atom. The predicted molar refractivity (Wildman–Crippen MR) is 78.1 cm³/mol. The van der Waals surface area contributed by atoms with Gasteiger partial charge in [-0.1, -0.05) is 17.4 Å². The van der Waals surface area contributed by atoms with Gasteiger partial charge in [-0.05, 0) is 19.1 Å². The van der Waals surface area contributed by atoms with Gasteiger partial charge in [-0.3, -0.25) is 4.79 Å². The number of carbonyl (C=O) groups is 1. The van der Waals surface area contributed by atoms with E-state index in [-0.39, 0.29) is 5.91 Å². The molecule has 1 amide bonds. The molecule has 19 heavy (non-hydrogen) atoms. The quantitative estimate of drug-likeness (QED) is 0.908. The average Bonchev–Trinajstić information content (AvgIpc) is 2.82. The smallest absolute Gasteiger partial charge is 0.239 e. The summed E-state index contributed by atoms with van der Waals surface area (Å²) in [4.78, 5) is 17.9. The Labute approximate surface area is 116 Å². The number of fused-ring (bicyclic) bond motifs is 1. The molecule has 2 rings (SSSR count). The third kappa shape index (κ3) is 2.96. The van der Waals surface area contributed by atoms with Crippen molar-refractivity contribution >= 4 is 32.6 Å². The summed E-state index contributed by atoms with van der Waals surface area (Å²) < 4.78 is 6.34. The number of nitrogens with one attached hydrogen (secondary N) is 1. The molecule has 0 saturated carbocycles. The minimum Gasteiger partial charge on any atom is -0.494 e. The van der Waals surface area contributed by atoms with Gasteiger partial charge < -0.3 is 15.0 Å². The van der Waals surface area contributed by atoms with Crippen LogP contribution in [0, 0.1) is 0 Å². The highest BCUT2D eigenvalue weighted by atomic mass is 32.1. The first-order valence-corrected chi connectivity index (χ1v) is 6.88. The van der Waals surface area contributed by atoms with Crippen LogP contribution in [0.15, 0.2) is 18.2 Å². The normalized spacial score (nSPS) is 10.5. The van der Waals surface area contributed by atoms with Gasteiger partial charge in [0.25, 0.3) is 0 Å². The molecule has 0 atom stereocenters. The second-order valence-electron chi connectivity index (χ2n) is 4.11. The summed E-state index contributed by atoms with van der Waals surface area (Å²) in [5, 5.41) is 3.58. The first kappa shape index (κ1) is 13.6. The number of amides is 1. The van der Waals surface area contributed by atoms with Crippen LogP contribution in [-0.4, -0.2) is 38.1 Å². The van der Waals surface area contributed by atoms with Gasteiger partial charge in [-0.25, -0.2) is 4.98 Å². The molecule has 1 N–H and O–H groups in total. The van der Waals surface area contributed by atoms with Gasteiger partial charge in [0.15, 0.2) is 5.13 Å². The summed E-state index contributed by atoms with van der Waals surface area (Å²) in [7, 11) is 3.49. The lowest BCUT2D eigenvalue weighted by Crippen LogP contribution is -2.34. The summed E-state index contributed by atoms with van der Waals surface area (Å²) in [5.74, 6) is 0.752. The number of methoxy groups -OCH3 is 1. The van der Waals surface area contributed by atoms with Crippen LogP contribution in [0.3, 0.4) is 0 Å². The number of thiazole rings is 1. The maximum absolute atomic E-state index is 11.6. The Bertz CT molecular complexity index is 582. The van der Waals surface area contributed by atoms with Gasteiger partial charge in [0.1, 0.15) is 11.3 Å². The van der Waals surface area contributed by atoms with E-state index in [2.05, 4.69) is 10.3 Å². The van der Waals surface area contributed by atoms with Crippen molar-refractivity contribution in [3.8, 4) is 5.75 Å². The number of hydrogen-bond donors (Lipinski definition) is 1. The highest BCUT2D eigenvalue weighted by Gasteiger charge is 2.13. The van der Waals surface area contributed by atoms with E-state index in [4.69, 9.17) is 4.74 Å². The minimum atomic E-state index is -0.00350. The van der Waals surface area contributed by atoms with E-state index in [1.165, 1.54) is 0 Å². The van der Waals surface area contributed by atoms with Crippen LogP contribution in [0.4, 0.5) is 5.13 Å². The monoisotopic (exact) mass is 279 g/mol. The summed E-state index contributed by atoms with van der Waals surface area (Å²) in [6, 6.07) is 5.82. The topological polar surface area (TPSA) is 54.5 Å². The first-order valence-electron chi connectivity index (χ1n) is 6.07. The SMILES string of the molecule is CCNC(=O)CN(C)c1nc2c(OC)cccc2s1. The fourth-order valence-electron chi connectivity index (χ4n) is 1.78. The molecule has 0 bridgehead atoms. The molecule has 1 aromatic carbocycles. The van der Waals surface area contributed by atoms with Crippen molar-refractivity contribution in [1.29, 1.82) is 0 Å². The molecule has 0 spiro atoms. The van der Waals surface area contributed by atoms with Crippen molar-refractivity contribution in [3.63, 3.8) is 0 Å². The van der Waals surface area contributed by atoms with Crippen LogP contribution in [0.5, 0.6) is 5.75 Å². The fraction of sp³-hybridized carbons (Fsp3) is 0.385. The molecule has 0 unspecified atom stereocenters. The van der Waals surface area contributed by atoms with Crippen molar-refractivity contribution in [2.75, 3.05) is 32.1 Å². The second-order valence-corrected chi connectivity index (χ2v) is 5.12. The maximum atomic E-state index is 11.6. The number of para-hydroxylation sites is 1. The van der Waals surface area contributed by atoms with Crippen LogP contribution >= 0.6 is 11.3 Å². The van der Waals surface area contributed by atoms with Gasteiger partial charge >= 0.3 is 0 Å². The van der Waals surface area contributed by atoms with Gasteiger partial charge in [0, 0.05) is 13.6 Å². The van der Waals surface area contributed by atoms with E-state index in [0.29, 0.717) is 13.1 Å². The van der Waals surface area contributed by atoms with E-state index >= 15 is 0 Å². The molecule has 6 heteroatoms. The molecule has 1 heterocycles. The van der Waals surface area contributed by atoms with Crippen LogP contribution in [-0.2, 0) is 4.79 Å². The summed E-state index contributed by atoms with van der Waals surface area (Å²) >= 11 is 1.55. The van der Waals surface area contributed by atoms with Crippen LogP contribution in [0.1, 0.15) is 6.92 Å². The van der Waals surface area contributed by atoms with Crippen LogP contribution < -0.4 is 15.0 Å². The van der Waals surface area contributed by atoms with Crippen molar-refractivity contribution < 1.29 is 9.53 Å². The van der Waals surface area contributed by atoms with E-state index in [9.17, 15) is 4.79 Å². The molecule has 0 aliphatic carbocycles. The zero-order valence-electron chi connectivity index (χ0n) is 11.3. The number of benzene rings is 1. The van der Waals surface area contributed by atoms with Crippen molar-refractivity contribution in [3.05, 3.63) is 18.2 Å². The lowest BCUT2D eigenvalue weighted by Gasteiger charge is -2.14. The Balaban J connectivity index is 2.23. The molecule has 0 aliphatic heterocycles. The van der Waals surface area contributed by atoms with Crippen LogP contribution in [0.2, 0.25) is 0 Å². The van der Waals surface area contributed by atoms with E-state index in [0.717, 1.165) is 21.1 Å². The molecule has 102 valence electrons. The van der Waals surface area contributed by atoms with Crippen molar-refractivity contribution in [1.82, 2.24) is 10.3 Å². The molecule has 0 saturated heterocycles. The largest absolute Gasteiger partial charge is 0.494 e. The zero-order chi connectivity index (χ0) is 13.8. The summed E-state index contributed by atoms with van der Waals surface area (Å²) in [6.45, 7) is 2.84. The molecule has 0 fully saturated rings. The standard InChI is InChI=1S/C13H17N3O2S/c1-4-14-11(17)8-16(2)13-15-12-9(18-3)6-5-7-10(12)19-13/h5-7H,4,8H2,1-3H3,(H,14,17). The lowest BCUT2D eigenvalue weighted by atomic mass is 10.3. The third-order valence-corrected chi connectivity index (χ3v) is 3.81. The average molecular weight is 279 g/mol. The fourth-order valence-corrected chi connectivity index (χ4v) is 2.72. The number of ether oxygens (including phenoxy) is 1. The molecule has 2 aromatic rings. The Morgan fingerprint density at radius 3 is 3.00 bits per heavy atom. The van der Waals surface area contributed by atoms with Crippen molar-refractivity contribution in [2.45, 2.75) is 6.92 Å². The highest BCUT2D eigenvalue weighted by Crippen LogP contribution is 2.33. The zero-order valence-corrected chi connectivity index (χ0v) is 12.1. The number of anilines is 1. The minimum absolute atomic E-state index is 0.00350.